The van der Waals surface area contributed by atoms with E-state index in [0.29, 0.717) is 0 Å². The molecule has 1 rings (SSSR count). The van der Waals surface area contributed by atoms with Crippen molar-refractivity contribution in [2.24, 2.45) is 0 Å². The predicted molar refractivity (Wildman–Crippen MR) is 74.4 cm³/mol. The highest BCUT2D eigenvalue weighted by Crippen LogP contribution is 2.16. The molecule has 17 heavy (non-hydrogen) atoms. The van der Waals surface area contributed by atoms with Crippen molar-refractivity contribution in [2.45, 2.75) is 46.2 Å². The molecule has 96 valence electrons. The molecule has 3 nitrogen and oxygen atoms in total. The zero-order valence-corrected chi connectivity index (χ0v) is 11.7. The van der Waals surface area contributed by atoms with Gasteiger partial charge in [0.1, 0.15) is 5.82 Å². The summed E-state index contributed by atoms with van der Waals surface area (Å²) in [5.74, 6) is 1.09. The number of rotatable bonds is 5. The molecule has 1 aromatic heterocycles. The molecule has 0 aliphatic heterocycles. The fraction of sp³-hybridized carbons (Fsp3) is 0.643. The SMILES string of the molecule is CCCN(C)c1ncccc1CNC(C)(C)C. The van der Waals surface area contributed by atoms with Crippen molar-refractivity contribution in [1.29, 1.82) is 0 Å². The lowest BCUT2D eigenvalue weighted by atomic mass is 10.1. The molecule has 3 heteroatoms. The summed E-state index contributed by atoms with van der Waals surface area (Å²) in [5, 5.41) is 3.51. The summed E-state index contributed by atoms with van der Waals surface area (Å²) >= 11 is 0. The molecule has 0 amide bonds. The molecule has 0 saturated carbocycles. The van der Waals surface area contributed by atoms with Crippen molar-refractivity contribution in [3.8, 4) is 0 Å². The van der Waals surface area contributed by atoms with Crippen molar-refractivity contribution in [3.63, 3.8) is 0 Å². The van der Waals surface area contributed by atoms with Crippen LogP contribution in [0.25, 0.3) is 0 Å². The average Bonchev–Trinajstić information content (AvgIpc) is 2.26. The second-order valence-electron chi connectivity index (χ2n) is 5.51. The van der Waals surface area contributed by atoms with E-state index in [1.54, 1.807) is 0 Å². The Kier molecular flexibility index (Phi) is 4.94. The topological polar surface area (TPSA) is 28.2 Å². The molecule has 0 aliphatic rings. The van der Waals surface area contributed by atoms with E-state index in [2.05, 4.69) is 56.0 Å². The van der Waals surface area contributed by atoms with E-state index in [0.717, 1.165) is 25.3 Å². The molecule has 1 N–H and O–H groups in total. The van der Waals surface area contributed by atoms with E-state index in [1.807, 2.05) is 12.3 Å². The van der Waals surface area contributed by atoms with Crippen LogP contribution in [0.2, 0.25) is 0 Å². The smallest absolute Gasteiger partial charge is 0.132 e. The van der Waals surface area contributed by atoms with Crippen LogP contribution in [0, 0.1) is 0 Å². The highest BCUT2D eigenvalue weighted by atomic mass is 15.2. The van der Waals surface area contributed by atoms with Crippen LogP contribution in [-0.4, -0.2) is 24.1 Å². The lowest BCUT2D eigenvalue weighted by Gasteiger charge is -2.24. The first-order valence-electron chi connectivity index (χ1n) is 6.34. The van der Waals surface area contributed by atoms with Crippen molar-refractivity contribution in [3.05, 3.63) is 23.9 Å². The third kappa shape index (κ3) is 4.73. The van der Waals surface area contributed by atoms with Crippen LogP contribution in [0.1, 0.15) is 39.7 Å². The quantitative estimate of drug-likeness (QED) is 0.850. The minimum absolute atomic E-state index is 0.135. The molecule has 0 spiro atoms. The fourth-order valence-electron chi connectivity index (χ4n) is 1.71. The average molecular weight is 235 g/mol. The molecule has 0 saturated heterocycles. The highest BCUT2D eigenvalue weighted by Gasteiger charge is 2.12. The number of aromatic nitrogens is 1. The lowest BCUT2D eigenvalue weighted by Crippen LogP contribution is -2.35. The number of nitrogens with one attached hydrogen (secondary N) is 1. The van der Waals surface area contributed by atoms with Gasteiger partial charge in [0.25, 0.3) is 0 Å². The summed E-state index contributed by atoms with van der Waals surface area (Å²) in [5.41, 5.74) is 1.40. The Hall–Kier alpha value is -1.09. The van der Waals surface area contributed by atoms with Crippen molar-refractivity contribution in [2.75, 3.05) is 18.5 Å². The van der Waals surface area contributed by atoms with Gasteiger partial charge < -0.3 is 10.2 Å². The Morgan fingerprint density at radius 3 is 2.65 bits per heavy atom. The van der Waals surface area contributed by atoms with Gasteiger partial charge in [-0.1, -0.05) is 13.0 Å². The Balaban J connectivity index is 2.77. The maximum atomic E-state index is 4.48. The second-order valence-corrected chi connectivity index (χ2v) is 5.51. The van der Waals surface area contributed by atoms with Gasteiger partial charge in [0.2, 0.25) is 0 Å². The number of hydrogen-bond donors (Lipinski definition) is 1. The molecule has 0 aromatic carbocycles. The second kappa shape index (κ2) is 6.01. The number of anilines is 1. The zero-order chi connectivity index (χ0) is 12.9. The maximum Gasteiger partial charge on any atom is 0.132 e. The summed E-state index contributed by atoms with van der Waals surface area (Å²) in [6.45, 7) is 10.6. The van der Waals surface area contributed by atoms with Crippen LogP contribution in [0.15, 0.2) is 18.3 Å². The van der Waals surface area contributed by atoms with Gasteiger partial charge in [-0.25, -0.2) is 4.98 Å². The van der Waals surface area contributed by atoms with E-state index in [1.165, 1.54) is 5.56 Å². The first-order chi connectivity index (χ1) is 7.94. The van der Waals surface area contributed by atoms with Crippen LogP contribution in [0.5, 0.6) is 0 Å². The molecule has 0 radical (unpaired) electrons. The van der Waals surface area contributed by atoms with Crippen molar-refractivity contribution < 1.29 is 0 Å². The highest BCUT2D eigenvalue weighted by molar-refractivity contribution is 5.45. The normalized spacial score (nSPS) is 11.6. The molecule has 0 atom stereocenters. The Labute approximate surface area is 105 Å². The largest absolute Gasteiger partial charge is 0.359 e. The molecule has 0 fully saturated rings. The van der Waals surface area contributed by atoms with E-state index >= 15 is 0 Å². The van der Waals surface area contributed by atoms with Gasteiger partial charge in [-0.2, -0.15) is 0 Å². The monoisotopic (exact) mass is 235 g/mol. The first-order valence-corrected chi connectivity index (χ1v) is 6.34. The summed E-state index contributed by atoms with van der Waals surface area (Å²) in [6.07, 6.45) is 3.00. The fourth-order valence-corrected chi connectivity index (χ4v) is 1.71. The molecule has 0 aliphatic carbocycles. The van der Waals surface area contributed by atoms with Gasteiger partial charge >= 0.3 is 0 Å². The van der Waals surface area contributed by atoms with E-state index < -0.39 is 0 Å². The number of nitrogens with zero attached hydrogens (tertiary/aromatic N) is 2. The maximum absolute atomic E-state index is 4.48. The van der Waals surface area contributed by atoms with E-state index in [9.17, 15) is 0 Å². The Morgan fingerprint density at radius 1 is 1.35 bits per heavy atom. The summed E-state index contributed by atoms with van der Waals surface area (Å²) in [7, 11) is 2.10. The molecule has 0 bridgehead atoms. The predicted octanol–water partition coefficient (Wildman–Crippen LogP) is 2.82. The molecular formula is C14H25N3. The standard InChI is InChI=1S/C14H25N3/c1-6-10-17(5)13-12(8-7-9-15-13)11-16-14(2,3)4/h7-9,16H,6,10-11H2,1-5H3. The summed E-state index contributed by atoms with van der Waals surface area (Å²) in [6, 6.07) is 4.15. The van der Waals surface area contributed by atoms with Gasteiger partial charge in [-0.3, -0.25) is 0 Å². The molecule has 1 aromatic rings. The van der Waals surface area contributed by atoms with Gasteiger partial charge in [-0.05, 0) is 33.3 Å². The lowest BCUT2D eigenvalue weighted by molar-refractivity contribution is 0.424. The Morgan fingerprint density at radius 2 is 2.06 bits per heavy atom. The number of pyridine rings is 1. The molecule has 0 unspecified atom stereocenters. The summed E-state index contributed by atoms with van der Waals surface area (Å²) in [4.78, 5) is 6.71. The first kappa shape index (κ1) is 14.0. The van der Waals surface area contributed by atoms with Crippen molar-refractivity contribution >= 4 is 5.82 Å². The number of hydrogen-bond acceptors (Lipinski definition) is 3. The molecular weight excluding hydrogens is 210 g/mol. The summed E-state index contributed by atoms with van der Waals surface area (Å²) < 4.78 is 0. The van der Waals surface area contributed by atoms with Crippen molar-refractivity contribution in [1.82, 2.24) is 10.3 Å². The minimum atomic E-state index is 0.135. The van der Waals surface area contributed by atoms with Gasteiger partial charge in [0.05, 0.1) is 0 Å². The minimum Gasteiger partial charge on any atom is -0.359 e. The Bertz CT molecular complexity index is 342. The van der Waals surface area contributed by atoms with Crippen LogP contribution in [0.3, 0.4) is 0 Å². The van der Waals surface area contributed by atoms with Gasteiger partial charge in [0, 0.05) is 37.4 Å². The molecule has 1 heterocycles. The third-order valence-corrected chi connectivity index (χ3v) is 2.60. The van der Waals surface area contributed by atoms with Gasteiger partial charge in [0.15, 0.2) is 0 Å². The van der Waals surface area contributed by atoms with Crippen LogP contribution >= 0.6 is 0 Å². The van der Waals surface area contributed by atoms with Crippen LogP contribution in [0.4, 0.5) is 5.82 Å². The van der Waals surface area contributed by atoms with Crippen LogP contribution in [-0.2, 0) is 6.54 Å². The third-order valence-electron chi connectivity index (χ3n) is 2.60. The van der Waals surface area contributed by atoms with Crippen LogP contribution < -0.4 is 10.2 Å². The van der Waals surface area contributed by atoms with E-state index in [-0.39, 0.29) is 5.54 Å². The zero-order valence-electron chi connectivity index (χ0n) is 11.7. The van der Waals surface area contributed by atoms with Gasteiger partial charge in [-0.15, -0.1) is 0 Å². The van der Waals surface area contributed by atoms with E-state index in [4.69, 9.17) is 0 Å².